The summed E-state index contributed by atoms with van der Waals surface area (Å²) in [5.74, 6) is 0. The second-order valence-electron chi connectivity index (χ2n) is 14.2. The van der Waals surface area contributed by atoms with Crippen LogP contribution in [0.2, 0.25) is 0 Å². The minimum absolute atomic E-state index is 1.75. The van der Waals surface area contributed by atoms with Gasteiger partial charge in [-0.05, 0) is 6.92 Å². The summed E-state index contributed by atoms with van der Waals surface area (Å²) < 4.78 is 0. The maximum absolute atomic E-state index is 3.63. The van der Waals surface area contributed by atoms with Crippen LogP contribution in [0.1, 0.15) is 6.92 Å². The van der Waals surface area contributed by atoms with Crippen LogP contribution in [-0.4, -0.2) is 0 Å². The number of allylic oxidation sites excluding steroid dienone is 73. The first-order valence-corrected chi connectivity index (χ1v) is 25.0. The SMILES string of the molecule is C=CC=CC=CC=CC=CC=CC=CC=CC=CC=CC=CC=CC=CC=CC=CC=CC=CC=CC=CC=CC=CC=CC=CC=CC=CC=CC=CC=CC=CC=CC=CC=CC=CC=CC=CC=CC=CC. The van der Waals surface area contributed by atoms with Gasteiger partial charge in [0.05, 0.1) is 0 Å². The molecular weight excluding hydrogens is 901 g/mol. The zero-order valence-electron chi connectivity index (χ0n) is 43.9. The minimum Gasteiger partial charge on any atom is -0.0991 e. The molecule has 0 aromatic heterocycles. The van der Waals surface area contributed by atoms with Crippen LogP contribution in [-0.2, 0) is 0 Å². The van der Waals surface area contributed by atoms with Gasteiger partial charge in [0.15, 0.2) is 0 Å². The third-order valence-electron chi connectivity index (χ3n) is 8.11. The van der Waals surface area contributed by atoms with E-state index in [2.05, 4.69) is 6.58 Å². The highest BCUT2D eigenvalue weighted by molar-refractivity contribution is 5.29. The van der Waals surface area contributed by atoms with Crippen molar-refractivity contribution in [2.45, 2.75) is 6.92 Å². The van der Waals surface area contributed by atoms with E-state index >= 15 is 0 Å². The molecule has 0 aromatic rings. The van der Waals surface area contributed by atoms with Crippen LogP contribution in [0.25, 0.3) is 0 Å². The van der Waals surface area contributed by atoms with Crippen LogP contribution in [0.4, 0.5) is 0 Å². The Morgan fingerprint density at radius 3 is 0.240 bits per heavy atom. The second-order valence-corrected chi connectivity index (χ2v) is 14.2. The number of rotatable bonds is 36. The van der Waals surface area contributed by atoms with E-state index in [1.165, 1.54) is 0 Å². The quantitative estimate of drug-likeness (QED) is 0.0549. The molecule has 0 atom stereocenters. The van der Waals surface area contributed by atoms with Gasteiger partial charge in [-0.1, -0.05) is 450 Å². The molecule has 0 amide bonds. The minimum atomic E-state index is 1.75. The van der Waals surface area contributed by atoms with E-state index in [-0.39, 0.29) is 0 Å². The molecule has 0 fully saturated rings. The summed E-state index contributed by atoms with van der Waals surface area (Å²) in [6.07, 6.45) is 145. The van der Waals surface area contributed by atoms with Crippen LogP contribution >= 0.6 is 0 Å². The van der Waals surface area contributed by atoms with Crippen molar-refractivity contribution in [3.05, 3.63) is 450 Å². The lowest BCUT2D eigenvalue weighted by Gasteiger charge is -1.77. The Hall–Kier alpha value is -9.62. The molecular formula is C75H78. The fourth-order valence-corrected chi connectivity index (χ4v) is 4.62. The van der Waals surface area contributed by atoms with Crippen molar-refractivity contribution in [1.82, 2.24) is 0 Å². The third-order valence-corrected chi connectivity index (χ3v) is 8.11. The van der Waals surface area contributed by atoms with Gasteiger partial charge < -0.3 is 0 Å². The highest BCUT2D eigenvalue weighted by atomic mass is 13.8. The molecule has 0 aliphatic carbocycles. The van der Waals surface area contributed by atoms with E-state index in [0.29, 0.717) is 0 Å². The largest absolute Gasteiger partial charge is 0.0991 e. The molecule has 0 saturated carbocycles. The van der Waals surface area contributed by atoms with Crippen LogP contribution in [0.3, 0.4) is 0 Å². The monoisotopic (exact) mass is 979 g/mol. The first-order valence-electron chi connectivity index (χ1n) is 25.0. The normalized spacial score (nSPS) is 15.5. The van der Waals surface area contributed by atoms with Gasteiger partial charge in [0.25, 0.3) is 0 Å². The molecule has 0 radical (unpaired) electrons. The van der Waals surface area contributed by atoms with Crippen LogP contribution in [0.15, 0.2) is 450 Å². The van der Waals surface area contributed by atoms with Gasteiger partial charge in [0.1, 0.15) is 0 Å². The van der Waals surface area contributed by atoms with Gasteiger partial charge in [0, 0.05) is 0 Å². The average molecular weight is 979 g/mol. The zero-order valence-corrected chi connectivity index (χ0v) is 43.9. The predicted octanol–water partition coefficient (Wildman–Crippen LogP) is 21.2. The van der Waals surface area contributed by atoms with E-state index in [0.717, 1.165) is 0 Å². The molecule has 0 heterocycles. The van der Waals surface area contributed by atoms with E-state index in [4.69, 9.17) is 0 Å². The average Bonchev–Trinajstić information content (AvgIpc) is 3.42. The molecule has 0 unspecified atom stereocenters. The van der Waals surface area contributed by atoms with Crippen LogP contribution < -0.4 is 0 Å². The smallest absolute Gasteiger partial charge is 0.0467 e. The molecule has 0 spiro atoms. The lowest BCUT2D eigenvalue weighted by molar-refractivity contribution is 1.73. The first kappa shape index (κ1) is 65.4. The molecule has 0 rings (SSSR count). The van der Waals surface area contributed by atoms with Gasteiger partial charge in [-0.2, -0.15) is 0 Å². The van der Waals surface area contributed by atoms with Gasteiger partial charge in [0.2, 0.25) is 0 Å². The zero-order chi connectivity index (χ0) is 53.6. The van der Waals surface area contributed by atoms with E-state index < -0.39 is 0 Å². The molecule has 0 aliphatic rings. The summed E-state index contributed by atoms with van der Waals surface area (Å²) in [7, 11) is 0. The first-order chi connectivity index (χ1) is 37.4. The molecule has 0 aromatic carbocycles. The molecule has 0 nitrogen and oxygen atoms in total. The maximum Gasteiger partial charge on any atom is -0.0467 e. The van der Waals surface area contributed by atoms with Gasteiger partial charge in [-0.15, -0.1) is 0 Å². The fraction of sp³-hybridized carbons (Fsp3) is 0.0133. The maximum atomic E-state index is 3.63. The molecule has 0 N–H and O–H groups in total. The Morgan fingerprint density at radius 1 is 0.107 bits per heavy atom. The number of hydrogen-bond donors (Lipinski definition) is 0. The Bertz CT molecular complexity index is 2600. The molecule has 75 heavy (non-hydrogen) atoms. The third kappa shape index (κ3) is 64.4. The Kier molecular flexibility index (Phi) is 56.1. The Morgan fingerprint density at radius 2 is 0.173 bits per heavy atom. The van der Waals surface area contributed by atoms with Crippen molar-refractivity contribution in [3.63, 3.8) is 0 Å². The summed E-state index contributed by atoms with van der Waals surface area (Å²) in [6, 6.07) is 0. The molecule has 0 heteroatoms. The topological polar surface area (TPSA) is 0 Å². The standard InChI is InChI=1S/C75H78/c1-3-5-7-9-11-13-15-17-19-21-23-25-27-29-31-33-35-37-39-41-43-45-47-49-51-53-55-57-59-61-63-65-67-69-71-73-75-74-72-70-68-66-64-62-60-58-56-54-52-50-48-46-44-42-40-38-36-34-32-30-28-26-24-22-20-18-16-14-12-10-8-6-4-2/h3-75H,1H2,2H3. The van der Waals surface area contributed by atoms with Crippen molar-refractivity contribution >= 4 is 0 Å². The Labute approximate surface area is 454 Å². The highest BCUT2D eigenvalue weighted by Crippen LogP contribution is 1.93. The highest BCUT2D eigenvalue weighted by Gasteiger charge is 1.71. The van der Waals surface area contributed by atoms with Crippen molar-refractivity contribution < 1.29 is 0 Å². The summed E-state index contributed by atoms with van der Waals surface area (Å²) in [6.45, 7) is 5.63. The van der Waals surface area contributed by atoms with Crippen molar-refractivity contribution in [3.8, 4) is 0 Å². The van der Waals surface area contributed by atoms with Crippen molar-refractivity contribution in [1.29, 1.82) is 0 Å². The summed E-state index contributed by atoms with van der Waals surface area (Å²) in [4.78, 5) is 0. The van der Waals surface area contributed by atoms with Crippen LogP contribution in [0.5, 0.6) is 0 Å². The van der Waals surface area contributed by atoms with E-state index in [1.807, 2.05) is 444 Å². The van der Waals surface area contributed by atoms with Gasteiger partial charge >= 0.3 is 0 Å². The lowest BCUT2D eigenvalue weighted by atomic mass is 10.3. The lowest BCUT2D eigenvalue weighted by Crippen LogP contribution is -1.55. The second kappa shape index (κ2) is 64.4. The number of hydrogen-bond acceptors (Lipinski definition) is 0. The fourth-order valence-electron chi connectivity index (χ4n) is 4.62. The summed E-state index contributed by atoms with van der Waals surface area (Å²) >= 11 is 0. The van der Waals surface area contributed by atoms with Crippen molar-refractivity contribution in [2.24, 2.45) is 0 Å². The summed E-state index contributed by atoms with van der Waals surface area (Å²) in [5, 5.41) is 0. The molecule has 0 bridgehead atoms. The van der Waals surface area contributed by atoms with Gasteiger partial charge in [-0.3, -0.25) is 0 Å². The Balaban J connectivity index is 4.10. The molecule has 378 valence electrons. The molecule has 0 saturated heterocycles. The van der Waals surface area contributed by atoms with Gasteiger partial charge in [-0.25, -0.2) is 0 Å². The van der Waals surface area contributed by atoms with Crippen LogP contribution in [0, 0.1) is 0 Å². The van der Waals surface area contributed by atoms with E-state index in [1.54, 1.807) is 6.08 Å². The predicted molar refractivity (Wildman–Crippen MR) is 345 cm³/mol. The van der Waals surface area contributed by atoms with Crippen molar-refractivity contribution in [2.75, 3.05) is 0 Å². The summed E-state index contributed by atoms with van der Waals surface area (Å²) in [5.41, 5.74) is 0. The van der Waals surface area contributed by atoms with E-state index in [9.17, 15) is 0 Å². The molecule has 0 aliphatic heterocycles.